The van der Waals surface area contributed by atoms with E-state index in [0.717, 1.165) is 19.4 Å². The van der Waals surface area contributed by atoms with Gasteiger partial charge in [-0.25, -0.2) is 14.6 Å². The van der Waals surface area contributed by atoms with Crippen molar-refractivity contribution in [1.82, 2.24) is 10.3 Å². The Hall–Kier alpha value is -2.31. The number of amides is 1. The first-order valence-corrected chi connectivity index (χ1v) is 8.08. The topological polar surface area (TPSA) is 80.8 Å². The van der Waals surface area contributed by atoms with Gasteiger partial charge in [0.05, 0.1) is 7.11 Å². The Morgan fingerprint density at radius 3 is 2.75 bits per heavy atom. The third kappa shape index (κ3) is 5.11. The van der Waals surface area contributed by atoms with Gasteiger partial charge in [0.15, 0.2) is 5.69 Å². The molecule has 0 unspecified atom stereocenters. The van der Waals surface area contributed by atoms with Crippen LogP contribution in [0.4, 0.5) is 10.6 Å². The number of anilines is 1. The maximum atomic E-state index is 11.9. The fraction of sp³-hybridized carbons (Fsp3) is 0.588. The monoisotopic (exact) mass is 335 g/mol. The van der Waals surface area contributed by atoms with Crippen LogP contribution in [0.25, 0.3) is 0 Å². The number of rotatable bonds is 3. The molecule has 1 N–H and O–H groups in total. The molecule has 0 aliphatic carbocycles. The van der Waals surface area contributed by atoms with Crippen LogP contribution in [0.5, 0.6) is 0 Å². The summed E-state index contributed by atoms with van der Waals surface area (Å²) in [5.74, 6) is 0.242. The molecule has 1 aliphatic heterocycles. The number of methoxy groups -OCH3 is 1. The van der Waals surface area contributed by atoms with Crippen LogP contribution in [-0.2, 0) is 9.47 Å². The molecule has 7 nitrogen and oxygen atoms in total. The molecule has 0 bridgehead atoms. The molecule has 1 saturated heterocycles. The van der Waals surface area contributed by atoms with Gasteiger partial charge in [-0.2, -0.15) is 0 Å². The highest BCUT2D eigenvalue weighted by Gasteiger charge is 2.25. The van der Waals surface area contributed by atoms with Crippen LogP contribution >= 0.6 is 0 Å². The van der Waals surface area contributed by atoms with Crippen molar-refractivity contribution in [3.63, 3.8) is 0 Å². The van der Waals surface area contributed by atoms with Gasteiger partial charge in [-0.05, 0) is 45.7 Å². The van der Waals surface area contributed by atoms with Crippen LogP contribution in [0.15, 0.2) is 18.2 Å². The number of carbonyl (C=O) groups excluding carboxylic acids is 2. The number of carbonyl (C=O) groups is 2. The Balaban J connectivity index is 2.00. The molecule has 1 amide bonds. The SMILES string of the molecule is COC(=O)c1cccc(N2CCC[C@H](NC(=O)OC(C)(C)C)C2)n1. The molecule has 0 aromatic carbocycles. The summed E-state index contributed by atoms with van der Waals surface area (Å²) in [6, 6.07) is 5.23. The summed E-state index contributed by atoms with van der Waals surface area (Å²) in [5, 5.41) is 2.90. The van der Waals surface area contributed by atoms with Crippen LogP contribution in [0.3, 0.4) is 0 Å². The van der Waals surface area contributed by atoms with Gasteiger partial charge in [-0.15, -0.1) is 0 Å². The molecule has 132 valence electrons. The predicted molar refractivity (Wildman–Crippen MR) is 90.2 cm³/mol. The number of aromatic nitrogens is 1. The standard InChI is InChI=1S/C17H25N3O4/c1-17(2,3)24-16(22)18-12-7-6-10-20(11-12)14-9-5-8-13(19-14)15(21)23-4/h5,8-9,12H,6-7,10-11H2,1-4H3,(H,18,22)/t12-/m0/s1. The second kappa shape index (κ2) is 7.51. The number of hydrogen-bond donors (Lipinski definition) is 1. The van der Waals surface area contributed by atoms with Crippen molar-refractivity contribution in [2.75, 3.05) is 25.1 Å². The van der Waals surface area contributed by atoms with Gasteiger partial charge in [0.25, 0.3) is 0 Å². The van der Waals surface area contributed by atoms with Crippen LogP contribution in [0.1, 0.15) is 44.1 Å². The summed E-state index contributed by atoms with van der Waals surface area (Å²) in [4.78, 5) is 29.9. The zero-order chi connectivity index (χ0) is 17.7. The van der Waals surface area contributed by atoms with E-state index in [1.807, 2.05) is 26.8 Å². The minimum Gasteiger partial charge on any atom is -0.464 e. The summed E-state index contributed by atoms with van der Waals surface area (Å²) in [5.41, 5.74) is -0.244. The molecular weight excluding hydrogens is 310 g/mol. The van der Waals surface area contributed by atoms with Crippen molar-refractivity contribution in [2.24, 2.45) is 0 Å². The number of piperidine rings is 1. The van der Waals surface area contributed by atoms with Gasteiger partial charge in [0, 0.05) is 19.1 Å². The zero-order valence-corrected chi connectivity index (χ0v) is 14.7. The van der Waals surface area contributed by atoms with Gasteiger partial charge < -0.3 is 19.7 Å². The molecule has 0 saturated carbocycles. The Kier molecular flexibility index (Phi) is 5.64. The summed E-state index contributed by atoms with van der Waals surface area (Å²) < 4.78 is 10.0. The van der Waals surface area contributed by atoms with E-state index < -0.39 is 17.7 Å². The molecule has 2 rings (SSSR count). The van der Waals surface area contributed by atoms with E-state index in [2.05, 4.69) is 15.2 Å². The van der Waals surface area contributed by atoms with Gasteiger partial charge >= 0.3 is 12.1 Å². The minimum atomic E-state index is -0.519. The van der Waals surface area contributed by atoms with E-state index in [-0.39, 0.29) is 11.7 Å². The average Bonchev–Trinajstić information content (AvgIpc) is 2.52. The van der Waals surface area contributed by atoms with Crippen LogP contribution in [-0.4, -0.2) is 48.9 Å². The molecule has 0 spiro atoms. The van der Waals surface area contributed by atoms with E-state index >= 15 is 0 Å². The number of nitrogens with zero attached hydrogens (tertiary/aromatic N) is 2. The normalized spacial score (nSPS) is 18.0. The maximum Gasteiger partial charge on any atom is 0.407 e. The van der Waals surface area contributed by atoms with Crippen LogP contribution in [0, 0.1) is 0 Å². The fourth-order valence-corrected chi connectivity index (χ4v) is 2.59. The van der Waals surface area contributed by atoms with Crippen molar-refractivity contribution < 1.29 is 19.1 Å². The Morgan fingerprint density at radius 2 is 2.08 bits per heavy atom. The molecular formula is C17H25N3O4. The lowest BCUT2D eigenvalue weighted by Crippen LogP contribution is -2.49. The molecule has 0 radical (unpaired) electrons. The molecule has 7 heteroatoms. The van der Waals surface area contributed by atoms with Gasteiger partial charge in [-0.3, -0.25) is 0 Å². The smallest absolute Gasteiger partial charge is 0.407 e. The highest BCUT2D eigenvalue weighted by molar-refractivity contribution is 5.87. The van der Waals surface area contributed by atoms with E-state index in [0.29, 0.717) is 12.4 Å². The fourth-order valence-electron chi connectivity index (χ4n) is 2.59. The van der Waals surface area contributed by atoms with Crippen molar-refractivity contribution in [3.05, 3.63) is 23.9 Å². The number of ether oxygens (including phenoxy) is 2. The van der Waals surface area contributed by atoms with E-state index in [9.17, 15) is 9.59 Å². The molecule has 1 aromatic heterocycles. The summed E-state index contributed by atoms with van der Waals surface area (Å²) in [7, 11) is 1.33. The van der Waals surface area contributed by atoms with Crippen molar-refractivity contribution in [2.45, 2.75) is 45.3 Å². The molecule has 1 aromatic rings. The third-order valence-electron chi connectivity index (χ3n) is 3.60. The number of hydrogen-bond acceptors (Lipinski definition) is 6. The number of esters is 1. The first kappa shape index (κ1) is 18.0. The lowest BCUT2D eigenvalue weighted by molar-refractivity contribution is 0.0499. The lowest BCUT2D eigenvalue weighted by Gasteiger charge is -2.34. The number of alkyl carbamates (subject to hydrolysis) is 1. The largest absolute Gasteiger partial charge is 0.464 e. The zero-order valence-electron chi connectivity index (χ0n) is 14.7. The second-order valence-electron chi connectivity index (χ2n) is 6.80. The van der Waals surface area contributed by atoms with E-state index in [1.165, 1.54) is 7.11 Å². The molecule has 1 aliphatic rings. The average molecular weight is 335 g/mol. The first-order valence-electron chi connectivity index (χ1n) is 8.08. The van der Waals surface area contributed by atoms with Gasteiger partial charge in [-0.1, -0.05) is 6.07 Å². The minimum absolute atomic E-state index is 0.0165. The highest BCUT2D eigenvalue weighted by atomic mass is 16.6. The summed E-state index contributed by atoms with van der Waals surface area (Å²) >= 11 is 0. The van der Waals surface area contributed by atoms with Crippen LogP contribution < -0.4 is 10.2 Å². The molecule has 1 fully saturated rings. The summed E-state index contributed by atoms with van der Waals surface area (Å²) in [6.07, 6.45) is 1.39. The lowest BCUT2D eigenvalue weighted by atomic mass is 10.1. The number of pyridine rings is 1. The molecule has 2 heterocycles. The highest BCUT2D eigenvalue weighted by Crippen LogP contribution is 2.19. The van der Waals surface area contributed by atoms with E-state index in [4.69, 9.17) is 9.47 Å². The Labute approximate surface area is 142 Å². The maximum absolute atomic E-state index is 11.9. The van der Waals surface area contributed by atoms with E-state index in [1.54, 1.807) is 12.1 Å². The van der Waals surface area contributed by atoms with Crippen molar-refractivity contribution in [1.29, 1.82) is 0 Å². The van der Waals surface area contributed by atoms with Crippen molar-refractivity contribution >= 4 is 17.9 Å². The number of nitrogens with one attached hydrogen (secondary N) is 1. The van der Waals surface area contributed by atoms with Crippen LogP contribution in [0.2, 0.25) is 0 Å². The Morgan fingerprint density at radius 1 is 1.33 bits per heavy atom. The third-order valence-corrected chi connectivity index (χ3v) is 3.60. The van der Waals surface area contributed by atoms with Gasteiger partial charge in [0.2, 0.25) is 0 Å². The quantitative estimate of drug-likeness (QED) is 0.854. The first-order chi connectivity index (χ1) is 11.3. The second-order valence-corrected chi connectivity index (χ2v) is 6.80. The van der Waals surface area contributed by atoms with Crippen molar-refractivity contribution in [3.8, 4) is 0 Å². The molecule has 1 atom stereocenters. The summed E-state index contributed by atoms with van der Waals surface area (Å²) in [6.45, 7) is 6.95. The Bertz CT molecular complexity index is 598. The molecule has 24 heavy (non-hydrogen) atoms. The van der Waals surface area contributed by atoms with Gasteiger partial charge in [0.1, 0.15) is 11.4 Å². The predicted octanol–water partition coefficient (Wildman–Crippen LogP) is 2.36.